The van der Waals surface area contributed by atoms with E-state index >= 15 is 0 Å². The Morgan fingerprint density at radius 3 is 2.59 bits per heavy atom. The van der Waals surface area contributed by atoms with Crippen LogP contribution in [0.3, 0.4) is 0 Å². The van der Waals surface area contributed by atoms with Gasteiger partial charge in [0.15, 0.2) is 0 Å². The molecule has 0 aliphatic carbocycles. The molecule has 1 heterocycles. The van der Waals surface area contributed by atoms with E-state index in [1.54, 1.807) is 29.4 Å². The van der Waals surface area contributed by atoms with Crippen molar-refractivity contribution in [2.45, 2.75) is 26.3 Å². The molecule has 0 bridgehead atoms. The lowest BCUT2D eigenvalue weighted by molar-refractivity contribution is -0.131. The minimum Gasteiger partial charge on any atom is -0.352 e. The van der Waals surface area contributed by atoms with Crippen LogP contribution < -0.4 is 5.32 Å². The molecule has 0 fully saturated rings. The van der Waals surface area contributed by atoms with E-state index < -0.39 is 0 Å². The van der Waals surface area contributed by atoms with Gasteiger partial charge in [-0.3, -0.25) is 9.59 Å². The molecule has 2 aromatic carbocycles. The van der Waals surface area contributed by atoms with Gasteiger partial charge in [-0.25, -0.2) is 4.98 Å². The van der Waals surface area contributed by atoms with Crippen molar-refractivity contribution in [2.75, 3.05) is 13.6 Å². The minimum absolute atomic E-state index is 0.0214. The summed E-state index contributed by atoms with van der Waals surface area (Å²) in [4.78, 5) is 31.1. The zero-order valence-electron chi connectivity index (χ0n) is 15.7. The molecule has 1 N–H and O–H groups in total. The van der Waals surface area contributed by atoms with Crippen molar-refractivity contribution in [1.82, 2.24) is 15.2 Å². The molecule has 2 amide bonds. The maximum absolute atomic E-state index is 12.5. The first kappa shape index (κ1) is 19.0. The smallest absolute Gasteiger partial charge is 0.251 e. The fraction of sp³-hybridized carbons (Fsp3) is 0.286. The SMILES string of the molecule is Cc1ccccc1C(=O)NCCC(=O)N(C)[C@H](C)c1nc2ccccc2s1. The van der Waals surface area contributed by atoms with E-state index in [-0.39, 0.29) is 24.3 Å². The number of carbonyl (C=O) groups excluding carboxylic acids is 2. The normalized spacial score (nSPS) is 12.0. The van der Waals surface area contributed by atoms with Crippen LogP contribution in [0.4, 0.5) is 0 Å². The van der Waals surface area contributed by atoms with Crippen LogP contribution in [0.1, 0.15) is 40.3 Å². The molecule has 0 saturated carbocycles. The predicted octanol–water partition coefficient (Wildman–Crippen LogP) is 3.94. The van der Waals surface area contributed by atoms with Crippen LogP contribution in [0.5, 0.6) is 0 Å². The first-order chi connectivity index (χ1) is 13.0. The monoisotopic (exact) mass is 381 g/mol. The van der Waals surface area contributed by atoms with Crippen LogP contribution in [0.2, 0.25) is 0 Å². The number of nitrogens with one attached hydrogen (secondary N) is 1. The van der Waals surface area contributed by atoms with Crippen molar-refractivity contribution in [1.29, 1.82) is 0 Å². The van der Waals surface area contributed by atoms with Gasteiger partial charge >= 0.3 is 0 Å². The highest BCUT2D eigenvalue weighted by atomic mass is 32.1. The number of hydrogen-bond donors (Lipinski definition) is 1. The molecular formula is C21H23N3O2S. The number of nitrogens with zero attached hydrogens (tertiary/aromatic N) is 2. The van der Waals surface area contributed by atoms with Gasteiger partial charge in [0.05, 0.1) is 16.3 Å². The molecular weight excluding hydrogens is 358 g/mol. The number of fused-ring (bicyclic) bond motifs is 1. The second kappa shape index (κ2) is 8.31. The van der Waals surface area contributed by atoms with Crippen molar-refractivity contribution in [2.24, 2.45) is 0 Å². The highest BCUT2D eigenvalue weighted by Gasteiger charge is 2.20. The Bertz CT molecular complexity index is 934. The first-order valence-electron chi connectivity index (χ1n) is 8.92. The Balaban J connectivity index is 1.55. The quantitative estimate of drug-likeness (QED) is 0.703. The van der Waals surface area contributed by atoms with Crippen molar-refractivity contribution < 1.29 is 9.59 Å². The molecule has 0 aliphatic heterocycles. The highest BCUT2D eigenvalue weighted by Crippen LogP contribution is 2.28. The number of benzene rings is 2. The van der Waals surface area contributed by atoms with Crippen LogP contribution >= 0.6 is 11.3 Å². The summed E-state index contributed by atoms with van der Waals surface area (Å²) in [6.45, 7) is 4.18. The predicted molar refractivity (Wildman–Crippen MR) is 109 cm³/mol. The molecule has 5 nitrogen and oxygen atoms in total. The van der Waals surface area contributed by atoms with Gasteiger partial charge in [-0.1, -0.05) is 30.3 Å². The number of para-hydroxylation sites is 1. The molecule has 0 aliphatic rings. The molecule has 0 spiro atoms. The van der Waals surface area contributed by atoms with Gasteiger partial charge in [-0.15, -0.1) is 11.3 Å². The molecule has 3 rings (SSSR count). The van der Waals surface area contributed by atoms with Crippen LogP contribution in [0, 0.1) is 6.92 Å². The Kier molecular flexibility index (Phi) is 5.86. The Hall–Kier alpha value is -2.73. The van der Waals surface area contributed by atoms with E-state index in [1.165, 1.54) is 0 Å². The van der Waals surface area contributed by atoms with Crippen molar-refractivity contribution in [3.8, 4) is 0 Å². The number of thiazole rings is 1. The zero-order valence-corrected chi connectivity index (χ0v) is 16.5. The van der Waals surface area contributed by atoms with Gasteiger partial charge < -0.3 is 10.2 Å². The fourth-order valence-corrected chi connectivity index (χ4v) is 3.90. The van der Waals surface area contributed by atoms with Gasteiger partial charge in [-0.2, -0.15) is 0 Å². The third-order valence-electron chi connectivity index (χ3n) is 4.66. The maximum Gasteiger partial charge on any atom is 0.251 e. The summed E-state index contributed by atoms with van der Waals surface area (Å²) in [6.07, 6.45) is 0.253. The summed E-state index contributed by atoms with van der Waals surface area (Å²) in [5.41, 5.74) is 2.51. The summed E-state index contributed by atoms with van der Waals surface area (Å²) < 4.78 is 1.12. The molecule has 140 valence electrons. The second-order valence-corrected chi connectivity index (χ2v) is 7.58. The average Bonchev–Trinajstić information content (AvgIpc) is 3.11. The Labute approximate surface area is 163 Å². The fourth-order valence-electron chi connectivity index (χ4n) is 2.83. The van der Waals surface area contributed by atoms with Crippen LogP contribution in [-0.4, -0.2) is 35.3 Å². The van der Waals surface area contributed by atoms with Crippen molar-refractivity contribution in [3.05, 3.63) is 64.7 Å². The zero-order chi connectivity index (χ0) is 19.4. The van der Waals surface area contributed by atoms with Gasteiger partial charge in [-0.05, 0) is 37.6 Å². The van der Waals surface area contributed by atoms with Crippen LogP contribution in [0.25, 0.3) is 10.2 Å². The molecule has 6 heteroatoms. The largest absolute Gasteiger partial charge is 0.352 e. The molecule has 0 unspecified atom stereocenters. The lowest BCUT2D eigenvalue weighted by Crippen LogP contribution is -2.33. The van der Waals surface area contributed by atoms with Crippen molar-refractivity contribution in [3.63, 3.8) is 0 Å². The lowest BCUT2D eigenvalue weighted by Gasteiger charge is -2.23. The summed E-state index contributed by atoms with van der Waals surface area (Å²) in [7, 11) is 1.78. The van der Waals surface area contributed by atoms with Gasteiger partial charge in [0.2, 0.25) is 5.91 Å². The van der Waals surface area contributed by atoms with Crippen LogP contribution in [0.15, 0.2) is 48.5 Å². The average molecular weight is 382 g/mol. The Morgan fingerprint density at radius 1 is 1.15 bits per heavy atom. The van der Waals surface area contributed by atoms with Crippen LogP contribution in [-0.2, 0) is 4.79 Å². The van der Waals surface area contributed by atoms with E-state index in [1.807, 2.05) is 56.3 Å². The van der Waals surface area contributed by atoms with E-state index in [0.717, 1.165) is 20.8 Å². The van der Waals surface area contributed by atoms with E-state index in [2.05, 4.69) is 10.3 Å². The van der Waals surface area contributed by atoms with E-state index in [4.69, 9.17) is 0 Å². The highest BCUT2D eigenvalue weighted by molar-refractivity contribution is 7.18. The van der Waals surface area contributed by atoms with Gasteiger partial charge in [0.25, 0.3) is 5.91 Å². The first-order valence-corrected chi connectivity index (χ1v) is 9.74. The number of amides is 2. The number of rotatable bonds is 6. The van der Waals surface area contributed by atoms with Crippen molar-refractivity contribution >= 4 is 33.4 Å². The molecule has 0 saturated heterocycles. The minimum atomic E-state index is -0.150. The third-order valence-corrected chi connectivity index (χ3v) is 5.86. The molecule has 0 radical (unpaired) electrons. The van der Waals surface area contributed by atoms with Gasteiger partial charge in [0, 0.05) is 25.6 Å². The topological polar surface area (TPSA) is 62.3 Å². The molecule has 27 heavy (non-hydrogen) atoms. The number of carbonyl (C=O) groups is 2. The number of aryl methyl sites for hydroxylation is 1. The summed E-state index contributed by atoms with van der Waals surface area (Å²) in [6, 6.07) is 15.3. The third kappa shape index (κ3) is 4.34. The molecule has 1 atom stereocenters. The number of hydrogen-bond acceptors (Lipinski definition) is 4. The van der Waals surface area contributed by atoms with E-state index in [0.29, 0.717) is 12.1 Å². The second-order valence-electron chi connectivity index (χ2n) is 6.52. The standard InChI is InChI=1S/C21H23N3O2S/c1-14-8-4-5-9-16(14)20(26)22-13-12-19(25)24(3)15(2)21-23-17-10-6-7-11-18(17)27-21/h4-11,15H,12-13H2,1-3H3,(H,22,26)/t15-/m1/s1. The summed E-state index contributed by atoms with van der Waals surface area (Å²) in [5.74, 6) is -0.172. The molecule has 3 aromatic rings. The lowest BCUT2D eigenvalue weighted by atomic mass is 10.1. The van der Waals surface area contributed by atoms with E-state index in [9.17, 15) is 9.59 Å². The van der Waals surface area contributed by atoms with Gasteiger partial charge in [0.1, 0.15) is 5.01 Å². The Morgan fingerprint density at radius 2 is 1.85 bits per heavy atom. The maximum atomic E-state index is 12.5. The summed E-state index contributed by atoms with van der Waals surface area (Å²) >= 11 is 1.60. The summed E-state index contributed by atoms with van der Waals surface area (Å²) in [5, 5.41) is 3.74. The number of aromatic nitrogens is 1. The molecule has 1 aromatic heterocycles.